The highest BCUT2D eigenvalue weighted by atomic mass is 79.9. The van der Waals surface area contributed by atoms with E-state index < -0.39 is 0 Å². The number of halogens is 2. The van der Waals surface area contributed by atoms with Crippen molar-refractivity contribution in [2.45, 2.75) is 19.8 Å². The first-order valence-electron chi connectivity index (χ1n) is 5.69. The van der Waals surface area contributed by atoms with Gasteiger partial charge in [-0.1, -0.05) is 41.4 Å². The largest absolute Gasteiger partial charge is 0.383 e. The van der Waals surface area contributed by atoms with Crippen LogP contribution in [-0.4, -0.2) is 9.55 Å². The summed E-state index contributed by atoms with van der Waals surface area (Å²) in [4.78, 5) is 4.61. The van der Waals surface area contributed by atoms with Crippen LogP contribution in [0.1, 0.15) is 25.6 Å². The third kappa shape index (κ3) is 2.27. The van der Waals surface area contributed by atoms with Gasteiger partial charge in [-0.2, -0.15) is 0 Å². The van der Waals surface area contributed by atoms with E-state index in [-0.39, 0.29) is 0 Å². The lowest BCUT2D eigenvalue weighted by atomic mass is 10.1. The van der Waals surface area contributed by atoms with Crippen molar-refractivity contribution in [3.63, 3.8) is 0 Å². The molecule has 0 saturated heterocycles. The first-order valence-corrected chi connectivity index (χ1v) is 6.86. The molecule has 1 aromatic heterocycles. The molecule has 2 aromatic rings. The van der Waals surface area contributed by atoms with Crippen LogP contribution in [0.15, 0.2) is 22.7 Å². The first kappa shape index (κ1) is 13.4. The third-order valence-electron chi connectivity index (χ3n) is 2.87. The van der Waals surface area contributed by atoms with Crippen LogP contribution in [0.5, 0.6) is 0 Å². The monoisotopic (exact) mass is 327 g/mol. The summed E-state index contributed by atoms with van der Waals surface area (Å²) in [7, 11) is 1.92. The maximum absolute atomic E-state index is 6.22. The smallest absolute Gasteiger partial charge is 0.131 e. The second-order valence-corrected chi connectivity index (χ2v) is 5.86. The molecule has 0 aliphatic carbocycles. The fourth-order valence-electron chi connectivity index (χ4n) is 1.92. The van der Waals surface area contributed by atoms with Gasteiger partial charge in [0.1, 0.15) is 17.3 Å². The van der Waals surface area contributed by atoms with E-state index in [0.29, 0.717) is 16.8 Å². The molecule has 0 amide bonds. The van der Waals surface area contributed by atoms with Crippen LogP contribution in [0.3, 0.4) is 0 Å². The van der Waals surface area contributed by atoms with Gasteiger partial charge in [-0.15, -0.1) is 0 Å². The van der Waals surface area contributed by atoms with Crippen molar-refractivity contribution in [1.29, 1.82) is 0 Å². The maximum Gasteiger partial charge on any atom is 0.131 e. The molecule has 0 fully saturated rings. The molecule has 2 rings (SSSR count). The van der Waals surface area contributed by atoms with Gasteiger partial charge in [0.2, 0.25) is 0 Å². The molecular weight excluding hydrogens is 314 g/mol. The van der Waals surface area contributed by atoms with Crippen molar-refractivity contribution < 1.29 is 0 Å². The lowest BCUT2D eigenvalue weighted by Crippen LogP contribution is -2.02. The molecule has 0 atom stereocenters. The highest BCUT2D eigenvalue weighted by Crippen LogP contribution is 2.34. The normalized spacial score (nSPS) is 11.2. The van der Waals surface area contributed by atoms with Crippen LogP contribution >= 0.6 is 27.5 Å². The highest BCUT2D eigenvalue weighted by molar-refractivity contribution is 9.10. The molecule has 0 aliphatic heterocycles. The van der Waals surface area contributed by atoms with Crippen molar-refractivity contribution in [2.75, 3.05) is 5.73 Å². The molecule has 5 heteroatoms. The Bertz CT molecular complexity index is 590. The fraction of sp³-hybridized carbons (Fsp3) is 0.308. The van der Waals surface area contributed by atoms with Crippen LogP contribution in [-0.2, 0) is 7.05 Å². The second kappa shape index (κ2) is 4.94. The van der Waals surface area contributed by atoms with Crippen LogP contribution in [0.2, 0.25) is 5.02 Å². The van der Waals surface area contributed by atoms with Crippen molar-refractivity contribution in [3.05, 3.63) is 33.5 Å². The van der Waals surface area contributed by atoms with E-state index in [1.807, 2.05) is 29.8 Å². The summed E-state index contributed by atoms with van der Waals surface area (Å²) in [5, 5.41) is 0.651. The van der Waals surface area contributed by atoms with Gasteiger partial charge in [0.25, 0.3) is 0 Å². The number of anilines is 1. The molecule has 0 unspecified atom stereocenters. The number of rotatable bonds is 2. The van der Waals surface area contributed by atoms with E-state index in [2.05, 4.69) is 34.8 Å². The molecule has 2 N–H and O–H groups in total. The summed E-state index contributed by atoms with van der Waals surface area (Å²) in [6, 6.07) is 5.67. The topological polar surface area (TPSA) is 43.8 Å². The van der Waals surface area contributed by atoms with E-state index in [9.17, 15) is 0 Å². The van der Waals surface area contributed by atoms with E-state index >= 15 is 0 Å². The Hall–Kier alpha value is -1.00. The molecule has 1 heterocycles. The Kier molecular flexibility index (Phi) is 3.69. The summed E-state index contributed by atoms with van der Waals surface area (Å²) in [5.74, 6) is 1.91. The summed E-state index contributed by atoms with van der Waals surface area (Å²) in [6.45, 7) is 4.18. The minimum atomic E-state index is 0.317. The molecule has 0 spiro atoms. The number of nitrogens with two attached hydrogens (primary N) is 1. The minimum absolute atomic E-state index is 0.317. The lowest BCUT2D eigenvalue weighted by molar-refractivity contribution is 0.715. The SMILES string of the molecule is CC(C)c1nc(-c2cc(Br)ccc2Cl)c(N)n1C. The van der Waals surface area contributed by atoms with Crippen LogP contribution in [0.25, 0.3) is 11.3 Å². The molecule has 3 nitrogen and oxygen atoms in total. The number of nitrogen functional groups attached to an aromatic ring is 1. The average Bonchev–Trinajstić information content (AvgIpc) is 2.60. The molecule has 0 bridgehead atoms. The standard InChI is InChI=1S/C13H15BrClN3/c1-7(2)13-17-11(12(16)18(13)3)9-6-8(14)4-5-10(9)15/h4-7H,16H2,1-3H3. The molecule has 0 radical (unpaired) electrons. The fourth-order valence-corrected chi connectivity index (χ4v) is 2.49. The van der Waals surface area contributed by atoms with Crippen molar-refractivity contribution >= 4 is 33.3 Å². The van der Waals surface area contributed by atoms with Crippen LogP contribution in [0, 0.1) is 0 Å². The number of nitrogens with zero attached hydrogens (tertiary/aromatic N) is 2. The van der Waals surface area contributed by atoms with Gasteiger partial charge in [0.05, 0.1) is 5.02 Å². The summed E-state index contributed by atoms with van der Waals surface area (Å²) >= 11 is 9.66. The van der Waals surface area contributed by atoms with E-state index in [0.717, 1.165) is 21.6 Å². The quantitative estimate of drug-likeness (QED) is 0.897. The van der Waals surface area contributed by atoms with Gasteiger partial charge in [-0.25, -0.2) is 4.98 Å². The van der Waals surface area contributed by atoms with Crippen molar-refractivity contribution in [2.24, 2.45) is 7.05 Å². The van der Waals surface area contributed by atoms with Gasteiger partial charge in [-0.05, 0) is 18.2 Å². The summed E-state index contributed by atoms with van der Waals surface area (Å²) < 4.78 is 2.87. The molecule has 0 saturated carbocycles. The minimum Gasteiger partial charge on any atom is -0.383 e. The number of benzene rings is 1. The third-order valence-corrected chi connectivity index (χ3v) is 3.70. The zero-order chi connectivity index (χ0) is 13.4. The Balaban J connectivity index is 2.64. The Morgan fingerprint density at radius 2 is 2.06 bits per heavy atom. The number of hydrogen-bond donors (Lipinski definition) is 1. The van der Waals surface area contributed by atoms with E-state index in [1.54, 1.807) is 0 Å². The number of aromatic nitrogens is 2. The zero-order valence-electron chi connectivity index (χ0n) is 10.5. The van der Waals surface area contributed by atoms with Gasteiger partial charge < -0.3 is 10.3 Å². The number of imidazole rings is 1. The second-order valence-electron chi connectivity index (χ2n) is 4.54. The molecular formula is C13H15BrClN3. The van der Waals surface area contributed by atoms with Crippen molar-refractivity contribution in [3.8, 4) is 11.3 Å². The average molecular weight is 329 g/mol. The Morgan fingerprint density at radius 1 is 1.39 bits per heavy atom. The van der Waals surface area contributed by atoms with Gasteiger partial charge >= 0.3 is 0 Å². The van der Waals surface area contributed by atoms with Crippen LogP contribution < -0.4 is 5.73 Å². The summed E-state index contributed by atoms with van der Waals surface area (Å²) in [5.41, 5.74) is 7.71. The van der Waals surface area contributed by atoms with E-state index in [1.165, 1.54) is 0 Å². The molecule has 96 valence electrons. The van der Waals surface area contributed by atoms with Gasteiger partial charge in [0, 0.05) is 23.0 Å². The Labute approximate surface area is 120 Å². The van der Waals surface area contributed by atoms with Crippen molar-refractivity contribution in [1.82, 2.24) is 9.55 Å². The predicted molar refractivity (Wildman–Crippen MR) is 79.9 cm³/mol. The Morgan fingerprint density at radius 3 is 2.61 bits per heavy atom. The highest BCUT2D eigenvalue weighted by Gasteiger charge is 2.17. The summed E-state index contributed by atoms with van der Waals surface area (Å²) in [6.07, 6.45) is 0. The van der Waals surface area contributed by atoms with E-state index in [4.69, 9.17) is 17.3 Å². The van der Waals surface area contributed by atoms with Gasteiger partial charge in [-0.3, -0.25) is 0 Å². The maximum atomic E-state index is 6.22. The van der Waals surface area contributed by atoms with Gasteiger partial charge in [0.15, 0.2) is 0 Å². The number of hydrogen-bond acceptors (Lipinski definition) is 2. The first-order chi connectivity index (χ1) is 8.41. The molecule has 0 aliphatic rings. The zero-order valence-corrected chi connectivity index (χ0v) is 12.9. The molecule has 1 aromatic carbocycles. The predicted octanol–water partition coefficient (Wildman–Crippen LogP) is 4.21. The lowest BCUT2D eigenvalue weighted by Gasteiger charge is -2.05. The molecule has 18 heavy (non-hydrogen) atoms. The van der Waals surface area contributed by atoms with Crippen LogP contribution in [0.4, 0.5) is 5.82 Å².